The van der Waals surface area contributed by atoms with Gasteiger partial charge in [-0.1, -0.05) is 6.07 Å². The van der Waals surface area contributed by atoms with Gasteiger partial charge in [-0.25, -0.2) is 15.8 Å². The molecule has 2 rings (SSSR count). The fourth-order valence-electron chi connectivity index (χ4n) is 1.63. The first-order valence-corrected chi connectivity index (χ1v) is 7.14. The fourth-order valence-corrected chi connectivity index (χ4v) is 2.82. The van der Waals surface area contributed by atoms with E-state index < -0.39 is 0 Å². The quantitative estimate of drug-likeness (QED) is 0.554. The van der Waals surface area contributed by atoms with Gasteiger partial charge in [-0.2, -0.15) is 0 Å². The molecule has 1 aromatic heterocycles. The third kappa shape index (κ3) is 3.05. The van der Waals surface area contributed by atoms with Gasteiger partial charge in [0.1, 0.15) is 17.5 Å². The summed E-state index contributed by atoms with van der Waals surface area (Å²) < 4.78 is 1.89. The molecule has 0 aliphatic heterocycles. The number of hydrazine groups is 1. The Morgan fingerprint density at radius 3 is 2.21 bits per heavy atom. The third-order valence-corrected chi connectivity index (χ3v) is 3.92. The normalized spacial score (nSPS) is 10.4. The third-order valence-electron chi connectivity index (χ3n) is 2.60. The lowest BCUT2D eigenvalue weighted by atomic mass is 10.2. The van der Waals surface area contributed by atoms with Crippen molar-refractivity contribution in [3.8, 4) is 0 Å². The van der Waals surface area contributed by atoms with Gasteiger partial charge in [0, 0.05) is 14.5 Å². The van der Waals surface area contributed by atoms with Gasteiger partial charge >= 0.3 is 0 Å². The smallest absolute Gasteiger partial charge is 0.148 e. The maximum absolute atomic E-state index is 5.46. The maximum atomic E-state index is 5.46. The van der Waals surface area contributed by atoms with Crippen LogP contribution < -0.4 is 16.6 Å². The van der Waals surface area contributed by atoms with E-state index in [1.807, 2.05) is 32.0 Å². The van der Waals surface area contributed by atoms with Crippen LogP contribution in [-0.2, 0) is 0 Å². The monoisotopic (exact) mass is 385 g/mol. The Bertz CT molecular complexity index is 595. The highest BCUT2D eigenvalue weighted by Gasteiger charge is 2.11. The molecule has 0 fully saturated rings. The van der Waals surface area contributed by atoms with Crippen LogP contribution in [0.3, 0.4) is 0 Å². The van der Waals surface area contributed by atoms with Gasteiger partial charge in [0.2, 0.25) is 0 Å². The maximum Gasteiger partial charge on any atom is 0.148 e. The van der Waals surface area contributed by atoms with E-state index in [4.69, 9.17) is 5.84 Å². The number of anilines is 3. The molecule has 100 valence electrons. The number of benzene rings is 1. The summed E-state index contributed by atoms with van der Waals surface area (Å²) in [5.74, 6) is 7.42. The van der Waals surface area contributed by atoms with E-state index >= 15 is 0 Å². The molecule has 0 atom stereocenters. The Kier molecular flexibility index (Phi) is 4.38. The fraction of sp³-hybridized carbons (Fsp3) is 0.167. The minimum atomic E-state index is 0.609. The molecule has 0 spiro atoms. The summed E-state index contributed by atoms with van der Waals surface area (Å²) >= 11 is 7.01. The molecule has 1 heterocycles. The first-order valence-electron chi connectivity index (χ1n) is 5.56. The number of rotatable bonds is 3. The first kappa shape index (κ1) is 14.2. The lowest BCUT2D eigenvalue weighted by Crippen LogP contribution is -2.13. The minimum absolute atomic E-state index is 0.609. The molecule has 7 heteroatoms. The molecule has 0 saturated heterocycles. The van der Waals surface area contributed by atoms with E-state index in [0.29, 0.717) is 17.5 Å². The van der Waals surface area contributed by atoms with E-state index in [9.17, 15) is 0 Å². The summed E-state index contributed by atoms with van der Waals surface area (Å²) in [6, 6.07) is 5.86. The van der Waals surface area contributed by atoms with Crippen LogP contribution in [0, 0.1) is 13.8 Å². The van der Waals surface area contributed by atoms with Gasteiger partial charge in [0.15, 0.2) is 0 Å². The number of hydrogen-bond acceptors (Lipinski definition) is 5. The Hall–Kier alpha value is -1.18. The van der Waals surface area contributed by atoms with E-state index in [-0.39, 0.29) is 0 Å². The molecular weight excluding hydrogens is 374 g/mol. The first-order chi connectivity index (χ1) is 9.02. The molecule has 0 unspecified atom stereocenters. The van der Waals surface area contributed by atoms with Gasteiger partial charge < -0.3 is 10.7 Å². The number of nitrogens with one attached hydrogen (secondary N) is 2. The van der Waals surface area contributed by atoms with Crippen LogP contribution in [0.5, 0.6) is 0 Å². The SMILES string of the molecule is Cc1nc(NN)c(C)c(Nc2c(Br)cccc2Br)n1. The van der Waals surface area contributed by atoms with Crippen molar-refractivity contribution in [1.82, 2.24) is 9.97 Å². The van der Waals surface area contributed by atoms with Crippen molar-refractivity contribution < 1.29 is 0 Å². The minimum Gasteiger partial charge on any atom is -0.338 e. The molecule has 1 aromatic carbocycles. The van der Waals surface area contributed by atoms with Crippen LogP contribution in [0.4, 0.5) is 17.3 Å². The highest BCUT2D eigenvalue weighted by atomic mass is 79.9. The van der Waals surface area contributed by atoms with Crippen LogP contribution in [0.25, 0.3) is 0 Å². The predicted molar refractivity (Wildman–Crippen MR) is 84.4 cm³/mol. The van der Waals surface area contributed by atoms with E-state index in [1.54, 1.807) is 0 Å². The van der Waals surface area contributed by atoms with Crippen molar-refractivity contribution in [3.63, 3.8) is 0 Å². The highest BCUT2D eigenvalue weighted by molar-refractivity contribution is 9.11. The standard InChI is InChI=1S/C12H13Br2N5/c1-6-11(16-7(2)17-12(6)19-15)18-10-8(13)4-3-5-9(10)14/h3-5H,15H2,1-2H3,(H2,16,17,18,19). The largest absolute Gasteiger partial charge is 0.338 e. The molecule has 0 aliphatic carbocycles. The van der Waals surface area contributed by atoms with Crippen molar-refractivity contribution in [2.24, 2.45) is 5.84 Å². The number of nitrogens with zero attached hydrogens (tertiary/aromatic N) is 2. The number of halogens is 2. The van der Waals surface area contributed by atoms with Crippen molar-refractivity contribution in [2.45, 2.75) is 13.8 Å². The number of para-hydroxylation sites is 1. The molecule has 2 aromatic rings. The molecular formula is C12H13Br2N5. The second-order valence-electron chi connectivity index (χ2n) is 3.96. The van der Waals surface area contributed by atoms with Crippen LogP contribution >= 0.6 is 31.9 Å². The summed E-state index contributed by atoms with van der Waals surface area (Å²) in [5, 5.41) is 3.28. The average Bonchev–Trinajstić information content (AvgIpc) is 2.37. The molecule has 4 N–H and O–H groups in total. The molecule has 0 saturated carbocycles. The zero-order chi connectivity index (χ0) is 14.0. The second-order valence-corrected chi connectivity index (χ2v) is 5.67. The number of aryl methyl sites for hydroxylation is 1. The van der Waals surface area contributed by atoms with Crippen molar-refractivity contribution in [3.05, 3.63) is 38.5 Å². The molecule has 5 nitrogen and oxygen atoms in total. The lowest BCUT2D eigenvalue weighted by molar-refractivity contribution is 1.03. The zero-order valence-electron chi connectivity index (χ0n) is 10.5. The number of nitrogens with two attached hydrogens (primary N) is 1. The summed E-state index contributed by atoms with van der Waals surface area (Å²) in [6.45, 7) is 3.72. The van der Waals surface area contributed by atoms with Gasteiger partial charge in [-0.3, -0.25) is 0 Å². The Morgan fingerprint density at radius 2 is 1.63 bits per heavy atom. The predicted octanol–water partition coefficient (Wildman–Crippen LogP) is 3.65. The Morgan fingerprint density at radius 1 is 1.05 bits per heavy atom. The van der Waals surface area contributed by atoms with Crippen molar-refractivity contribution >= 4 is 49.2 Å². The van der Waals surface area contributed by atoms with E-state index in [0.717, 1.165) is 20.2 Å². The average molecular weight is 387 g/mol. The van der Waals surface area contributed by atoms with Gasteiger partial charge in [0.05, 0.1) is 5.69 Å². The molecule has 0 radical (unpaired) electrons. The Balaban J connectivity index is 2.47. The van der Waals surface area contributed by atoms with Crippen LogP contribution in [-0.4, -0.2) is 9.97 Å². The number of hydrogen-bond donors (Lipinski definition) is 3. The molecule has 0 aliphatic rings. The van der Waals surface area contributed by atoms with Gasteiger partial charge in [0.25, 0.3) is 0 Å². The summed E-state index contributed by atoms with van der Waals surface area (Å²) in [5.41, 5.74) is 4.34. The Labute approximate surface area is 128 Å². The summed E-state index contributed by atoms with van der Waals surface area (Å²) in [6.07, 6.45) is 0. The van der Waals surface area contributed by atoms with Gasteiger partial charge in [-0.05, 0) is 57.8 Å². The molecule has 19 heavy (non-hydrogen) atoms. The van der Waals surface area contributed by atoms with Crippen LogP contribution in [0.2, 0.25) is 0 Å². The number of aromatic nitrogens is 2. The second kappa shape index (κ2) is 5.85. The lowest BCUT2D eigenvalue weighted by Gasteiger charge is -2.14. The number of nitrogen functional groups attached to an aromatic ring is 1. The van der Waals surface area contributed by atoms with E-state index in [2.05, 4.69) is 52.6 Å². The summed E-state index contributed by atoms with van der Waals surface area (Å²) in [4.78, 5) is 8.63. The van der Waals surface area contributed by atoms with Crippen molar-refractivity contribution in [2.75, 3.05) is 10.7 Å². The molecule has 0 amide bonds. The summed E-state index contributed by atoms with van der Waals surface area (Å²) in [7, 11) is 0. The molecule has 0 bridgehead atoms. The van der Waals surface area contributed by atoms with Gasteiger partial charge in [-0.15, -0.1) is 0 Å². The zero-order valence-corrected chi connectivity index (χ0v) is 13.6. The van der Waals surface area contributed by atoms with Crippen LogP contribution in [0.15, 0.2) is 27.1 Å². The topological polar surface area (TPSA) is 75.9 Å². The highest BCUT2D eigenvalue weighted by Crippen LogP contribution is 2.34. The van der Waals surface area contributed by atoms with Crippen molar-refractivity contribution in [1.29, 1.82) is 0 Å². The van der Waals surface area contributed by atoms with Crippen LogP contribution in [0.1, 0.15) is 11.4 Å². The van der Waals surface area contributed by atoms with E-state index in [1.165, 1.54) is 0 Å².